The third-order valence-corrected chi connectivity index (χ3v) is 4.46. The monoisotopic (exact) mass is 347 g/mol. The second kappa shape index (κ2) is 10.7. The van der Waals surface area contributed by atoms with Gasteiger partial charge in [0, 0.05) is 13.0 Å². The third-order valence-electron chi connectivity index (χ3n) is 4.46. The number of aryl methyl sites for hydroxylation is 1. The van der Waals surface area contributed by atoms with Crippen LogP contribution in [0, 0.1) is 12.8 Å². The number of benzene rings is 1. The molecule has 1 saturated carbocycles. The van der Waals surface area contributed by atoms with E-state index in [9.17, 15) is 9.59 Å². The van der Waals surface area contributed by atoms with Crippen LogP contribution in [-0.4, -0.2) is 31.6 Å². The van der Waals surface area contributed by atoms with Crippen molar-refractivity contribution in [1.82, 2.24) is 5.32 Å². The van der Waals surface area contributed by atoms with Gasteiger partial charge in [0.1, 0.15) is 5.75 Å². The quantitative estimate of drug-likeness (QED) is 0.549. The summed E-state index contributed by atoms with van der Waals surface area (Å²) in [4.78, 5) is 23.4. The molecule has 1 aliphatic rings. The van der Waals surface area contributed by atoms with Crippen molar-refractivity contribution in [3.8, 4) is 5.75 Å². The molecule has 0 unspecified atom stereocenters. The van der Waals surface area contributed by atoms with Crippen LogP contribution in [0.15, 0.2) is 24.3 Å². The van der Waals surface area contributed by atoms with Crippen LogP contribution in [0.1, 0.15) is 50.5 Å². The Hall–Kier alpha value is -2.04. The highest BCUT2D eigenvalue weighted by molar-refractivity contribution is 5.80. The lowest BCUT2D eigenvalue weighted by atomic mass is 9.89. The van der Waals surface area contributed by atoms with Gasteiger partial charge < -0.3 is 14.8 Å². The number of hydrogen-bond donors (Lipinski definition) is 1. The molecule has 138 valence electrons. The predicted octanol–water partition coefficient (Wildman–Crippen LogP) is 3.39. The van der Waals surface area contributed by atoms with Gasteiger partial charge in [-0.25, -0.2) is 0 Å². The molecule has 1 aromatic rings. The second-order valence-corrected chi connectivity index (χ2v) is 6.74. The predicted molar refractivity (Wildman–Crippen MR) is 96.5 cm³/mol. The average molecular weight is 347 g/mol. The van der Waals surface area contributed by atoms with Gasteiger partial charge in [0.2, 0.25) is 0 Å². The van der Waals surface area contributed by atoms with E-state index in [4.69, 9.17) is 9.47 Å². The Kier molecular flexibility index (Phi) is 8.29. The number of rotatable bonds is 9. The zero-order chi connectivity index (χ0) is 17.9. The summed E-state index contributed by atoms with van der Waals surface area (Å²) in [6, 6.07) is 7.78. The fraction of sp³-hybridized carbons (Fsp3) is 0.600. The molecule has 0 heterocycles. The number of hydrogen-bond acceptors (Lipinski definition) is 4. The van der Waals surface area contributed by atoms with Crippen LogP contribution < -0.4 is 10.1 Å². The molecule has 25 heavy (non-hydrogen) atoms. The average Bonchev–Trinajstić information content (AvgIpc) is 2.63. The van der Waals surface area contributed by atoms with Crippen molar-refractivity contribution < 1.29 is 19.1 Å². The Labute approximate surface area is 150 Å². The topological polar surface area (TPSA) is 64.6 Å². The Bertz CT molecular complexity index is 552. The lowest BCUT2D eigenvalue weighted by molar-refractivity contribution is -0.148. The highest BCUT2D eigenvalue weighted by Crippen LogP contribution is 2.22. The van der Waals surface area contributed by atoms with Gasteiger partial charge in [-0.15, -0.1) is 0 Å². The van der Waals surface area contributed by atoms with E-state index in [1.54, 1.807) is 0 Å². The number of amides is 1. The minimum absolute atomic E-state index is 0.190. The standard InChI is InChI=1S/C20H29NO4/c1-16-7-5-10-18(13-16)24-12-6-11-20(23)25-15-19(22)21-14-17-8-3-2-4-9-17/h5,7,10,13,17H,2-4,6,8-9,11-12,14-15H2,1H3,(H,21,22). The van der Waals surface area contributed by atoms with Gasteiger partial charge in [-0.3, -0.25) is 9.59 Å². The fourth-order valence-electron chi connectivity index (χ4n) is 3.03. The number of carbonyl (C=O) groups excluding carboxylic acids is 2. The SMILES string of the molecule is Cc1cccc(OCCCC(=O)OCC(=O)NCC2CCCCC2)c1. The Morgan fingerprint density at radius 1 is 1.20 bits per heavy atom. The minimum Gasteiger partial charge on any atom is -0.494 e. The van der Waals surface area contributed by atoms with E-state index in [1.807, 2.05) is 31.2 Å². The molecule has 1 amide bonds. The number of carbonyl (C=O) groups is 2. The van der Waals surface area contributed by atoms with Crippen molar-refractivity contribution in [1.29, 1.82) is 0 Å². The molecule has 0 bridgehead atoms. The largest absolute Gasteiger partial charge is 0.494 e. The van der Waals surface area contributed by atoms with Crippen molar-refractivity contribution in [2.45, 2.75) is 51.9 Å². The summed E-state index contributed by atoms with van der Waals surface area (Å²) in [5.41, 5.74) is 1.14. The van der Waals surface area contributed by atoms with Crippen molar-refractivity contribution >= 4 is 11.9 Å². The van der Waals surface area contributed by atoms with E-state index in [2.05, 4.69) is 5.32 Å². The molecule has 2 rings (SSSR count). The van der Waals surface area contributed by atoms with E-state index in [-0.39, 0.29) is 24.9 Å². The van der Waals surface area contributed by atoms with Gasteiger partial charge in [0.05, 0.1) is 6.61 Å². The highest BCUT2D eigenvalue weighted by Gasteiger charge is 2.14. The second-order valence-electron chi connectivity index (χ2n) is 6.74. The first kappa shape index (κ1) is 19.3. The van der Waals surface area contributed by atoms with Gasteiger partial charge in [0.25, 0.3) is 5.91 Å². The first-order chi connectivity index (χ1) is 12.1. The van der Waals surface area contributed by atoms with Gasteiger partial charge >= 0.3 is 5.97 Å². The zero-order valence-corrected chi connectivity index (χ0v) is 15.1. The van der Waals surface area contributed by atoms with Crippen LogP contribution in [0.5, 0.6) is 5.75 Å². The molecule has 1 fully saturated rings. The van der Waals surface area contributed by atoms with Crippen molar-refractivity contribution in [3.63, 3.8) is 0 Å². The molecule has 1 N–H and O–H groups in total. The van der Waals surface area contributed by atoms with Crippen LogP contribution in [0.3, 0.4) is 0 Å². The lowest BCUT2D eigenvalue weighted by Crippen LogP contribution is -2.33. The van der Waals surface area contributed by atoms with Gasteiger partial charge in [-0.2, -0.15) is 0 Å². The first-order valence-corrected chi connectivity index (χ1v) is 9.25. The van der Waals surface area contributed by atoms with Crippen LogP contribution in [0.25, 0.3) is 0 Å². The van der Waals surface area contributed by atoms with Crippen LogP contribution in [-0.2, 0) is 14.3 Å². The van der Waals surface area contributed by atoms with E-state index < -0.39 is 0 Å². The molecule has 0 radical (unpaired) electrons. The molecule has 0 saturated heterocycles. The Balaban J connectivity index is 1.50. The smallest absolute Gasteiger partial charge is 0.306 e. The third kappa shape index (κ3) is 8.05. The van der Waals surface area contributed by atoms with Crippen LogP contribution >= 0.6 is 0 Å². The van der Waals surface area contributed by atoms with E-state index >= 15 is 0 Å². The number of nitrogens with one attached hydrogen (secondary N) is 1. The Morgan fingerprint density at radius 3 is 2.76 bits per heavy atom. The van der Waals surface area contributed by atoms with Crippen molar-refractivity contribution in [2.24, 2.45) is 5.92 Å². The fourth-order valence-corrected chi connectivity index (χ4v) is 3.03. The number of esters is 1. The molecular formula is C20H29NO4. The molecule has 5 heteroatoms. The van der Waals surface area contributed by atoms with E-state index in [0.717, 1.165) is 11.3 Å². The summed E-state index contributed by atoms with van der Waals surface area (Å²) >= 11 is 0. The lowest BCUT2D eigenvalue weighted by Gasteiger charge is -2.21. The molecule has 0 aromatic heterocycles. The molecule has 1 aromatic carbocycles. The molecule has 0 aliphatic heterocycles. The summed E-state index contributed by atoms with van der Waals surface area (Å²) in [5, 5.41) is 2.86. The van der Waals surface area contributed by atoms with Gasteiger partial charge in [-0.1, -0.05) is 31.4 Å². The maximum absolute atomic E-state index is 11.7. The number of ether oxygens (including phenoxy) is 2. The molecule has 0 spiro atoms. The molecule has 1 aliphatic carbocycles. The molecule has 5 nitrogen and oxygen atoms in total. The van der Waals surface area contributed by atoms with E-state index in [0.29, 0.717) is 25.5 Å². The maximum atomic E-state index is 11.7. The first-order valence-electron chi connectivity index (χ1n) is 9.25. The summed E-state index contributed by atoms with van der Waals surface area (Å²) in [5.74, 6) is 0.804. The minimum atomic E-state index is -0.361. The van der Waals surface area contributed by atoms with Crippen molar-refractivity contribution in [3.05, 3.63) is 29.8 Å². The summed E-state index contributed by atoms with van der Waals surface area (Å²) in [7, 11) is 0. The summed E-state index contributed by atoms with van der Waals surface area (Å²) in [6.07, 6.45) is 6.98. The zero-order valence-electron chi connectivity index (χ0n) is 15.1. The van der Waals surface area contributed by atoms with Crippen molar-refractivity contribution in [2.75, 3.05) is 19.8 Å². The molecular weight excluding hydrogens is 318 g/mol. The maximum Gasteiger partial charge on any atom is 0.306 e. The highest BCUT2D eigenvalue weighted by atomic mass is 16.5. The van der Waals surface area contributed by atoms with Gasteiger partial charge in [0.15, 0.2) is 6.61 Å². The Morgan fingerprint density at radius 2 is 2.00 bits per heavy atom. The molecule has 0 atom stereocenters. The van der Waals surface area contributed by atoms with Crippen LogP contribution in [0.4, 0.5) is 0 Å². The normalized spacial score (nSPS) is 14.8. The van der Waals surface area contributed by atoms with E-state index in [1.165, 1.54) is 32.1 Å². The van der Waals surface area contributed by atoms with Gasteiger partial charge in [-0.05, 0) is 49.8 Å². The van der Waals surface area contributed by atoms with Crippen LogP contribution in [0.2, 0.25) is 0 Å². The summed E-state index contributed by atoms with van der Waals surface area (Å²) in [6.45, 7) is 2.96. The summed E-state index contributed by atoms with van der Waals surface area (Å²) < 4.78 is 10.6.